The van der Waals surface area contributed by atoms with Crippen molar-refractivity contribution >= 4 is 28.8 Å². The van der Waals surface area contributed by atoms with Crippen LogP contribution in [0.25, 0.3) is 0 Å². The highest BCUT2D eigenvalue weighted by Crippen LogP contribution is 2.30. The number of likely N-dealkylation sites (tertiary alicyclic amines) is 1. The minimum absolute atomic E-state index is 0.0878. The number of ether oxygens (including phenoxy) is 1. The van der Waals surface area contributed by atoms with E-state index in [1.54, 1.807) is 7.11 Å². The molecule has 1 aliphatic heterocycles. The van der Waals surface area contributed by atoms with Crippen LogP contribution in [-0.4, -0.2) is 47.1 Å². The van der Waals surface area contributed by atoms with Gasteiger partial charge in [0.05, 0.1) is 13.5 Å². The average molecular weight is 451 g/mol. The van der Waals surface area contributed by atoms with Crippen LogP contribution in [0.4, 0.5) is 5.69 Å². The Morgan fingerprint density at radius 1 is 1.19 bits per heavy atom. The van der Waals surface area contributed by atoms with Gasteiger partial charge in [-0.25, -0.2) is 0 Å². The molecule has 32 heavy (non-hydrogen) atoms. The zero-order valence-electron chi connectivity index (χ0n) is 18.2. The minimum Gasteiger partial charge on any atom is -0.497 e. The van der Waals surface area contributed by atoms with Crippen molar-refractivity contribution in [3.63, 3.8) is 0 Å². The molecule has 1 atom stereocenters. The van der Waals surface area contributed by atoms with Gasteiger partial charge in [0.2, 0.25) is 10.9 Å². The molecule has 0 radical (unpaired) electrons. The van der Waals surface area contributed by atoms with E-state index in [2.05, 4.69) is 15.5 Å². The maximum atomic E-state index is 12.9. The van der Waals surface area contributed by atoms with E-state index >= 15 is 0 Å². The monoisotopic (exact) mass is 450 g/mol. The number of anilines is 1. The summed E-state index contributed by atoms with van der Waals surface area (Å²) in [5, 5.41) is 12.4. The fourth-order valence-corrected chi connectivity index (χ4v) is 4.65. The number of nitrogens with zero attached hydrogens (tertiary/aromatic N) is 3. The number of hydrogen-bond donors (Lipinski definition) is 1. The number of aromatic nitrogens is 2. The van der Waals surface area contributed by atoms with E-state index in [-0.39, 0.29) is 17.7 Å². The summed E-state index contributed by atoms with van der Waals surface area (Å²) >= 11 is 1.30. The van der Waals surface area contributed by atoms with Gasteiger partial charge in [-0.1, -0.05) is 41.2 Å². The summed E-state index contributed by atoms with van der Waals surface area (Å²) < 4.78 is 5.25. The number of nitrogens with one attached hydrogen (secondary N) is 1. The second kappa shape index (κ2) is 9.91. The van der Waals surface area contributed by atoms with E-state index in [0.717, 1.165) is 47.0 Å². The standard InChI is InChI=1S/C24H26N4O3S/c1-16-8-10-19(11-9-16)25-22(30)24-27-26-23(32-24)18-6-4-12-28(15-18)21(29)14-17-5-3-7-20(13-17)31-2/h3,5,7-11,13,18H,4,6,12,14-15H2,1-2H3,(H,25,30). The van der Waals surface area contributed by atoms with Gasteiger partial charge in [0, 0.05) is 24.7 Å². The summed E-state index contributed by atoms with van der Waals surface area (Å²) in [5.74, 6) is 0.665. The highest BCUT2D eigenvalue weighted by atomic mass is 32.1. The molecule has 0 bridgehead atoms. The number of benzene rings is 2. The summed E-state index contributed by atoms with van der Waals surface area (Å²) in [6, 6.07) is 15.2. The maximum absolute atomic E-state index is 12.9. The van der Waals surface area contributed by atoms with Crippen LogP contribution in [0.3, 0.4) is 0 Å². The van der Waals surface area contributed by atoms with Crippen molar-refractivity contribution < 1.29 is 14.3 Å². The number of aryl methyl sites for hydroxylation is 1. The third-order valence-electron chi connectivity index (χ3n) is 5.56. The van der Waals surface area contributed by atoms with Gasteiger partial charge < -0.3 is 15.0 Å². The first kappa shape index (κ1) is 22.0. The zero-order valence-corrected chi connectivity index (χ0v) is 19.0. The molecule has 3 aromatic rings. The lowest BCUT2D eigenvalue weighted by molar-refractivity contribution is -0.131. The smallest absolute Gasteiger partial charge is 0.286 e. The number of methoxy groups -OCH3 is 1. The number of carbonyl (C=O) groups excluding carboxylic acids is 2. The summed E-state index contributed by atoms with van der Waals surface area (Å²) in [4.78, 5) is 27.3. The first-order valence-corrected chi connectivity index (χ1v) is 11.5. The molecular weight excluding hydrogens is 424 g/mol. The van der Waals surface area contributed by atoms with Crippen molar-refractivity contribution in [2.24, 2.45) is 0 Å². The Morgan fingerprint density at radius 3 is 2.78 bits per heavy atom. The SMILES string of the molecule is COc1cccc(CC(=O)N2CCCC(c3nnc(C(=O)Nc4ccc(C)cc4)s3)C2)c1. The summed E-state index contributed by atoms with van der Waals surface area (Å²) in [5.41, 5.74) is 2.79. The molecule has 7 nitrogen and oxygen atoms in total. The number of hydrogen-bond acceptors (Lipinski definition) is 6. The number of piperidine rings is 1. The summed E-state index contributed by atoms with van der Waals surface area (Å²) in [6.07, 6.45) is 2.17. The number of amides is 2. The van der Waals surface area contributed by atoms with Gasteiger partial charge in [-0.2, -0.15) is 0 Å². The molecule has 1 saturated heterocycles. The van der Waals surface area contributed by atoms with Crippen LogP contribution in [0.1, 0.15) is 44.7 Å². The highest BCUT2D eigenvalue weighted by Gasteiger charge is 2.28. The van der Waals surface area contributed by atoms with Gasteiger partial charge in [0.25, 0.3) is 5.91 Å². The molecular formula is C24H26N4O3S. The Morgan fingerprint density at radius 2 is 2.00 bits per heavy atom. The Bertz CT molecular complexity index is 1100. The normalized spacial score (nSPS) is 15.9. The number of rotatable bonds is 6. The Kier molecular flexibility index (Phi) is 6.80. The molecule has 1 aliphatic rings. The predicted molar refractivity (Wildman–Crippen MR) is 124 cm³/mol. The highest BCUT2D eigenvalue weighted by molar-refractivity contribution is 7.13. The van der Waals surface area contributed by atoms with Crippen LogP contribution in [0.5, 0.6) is 5.75 Å². The van der Waals surface area contributed by atoms with Crippen LogP contribution in [0, 0.1) is 6.92 Å². The Hall–Kier alpha value is -3.26. The van der Waals surface area contributed by atoms with E-state index in [9.17, 15) is 9.59 Å². The summed E-state index contributed by atoms with van der Waals surface area (Å²) in [7, 11) is 1.62. The Labute approximate surface area is 191 Å². The largest absolute Gasteiger partial charge is 0.497 e. The van der Waals surface area contributed by atoms with Crippen LogP contribution in [0.2, 0.25) is 0 Å². The second-order valence-electron chi connectivity index (χ2n) is 7.97. The quantitative estimate of drug-likeness (QED) is 0.612. The van der Waals surface area contributed by atoms with Crippen LogP contribution in [0.15, 0.2) is 48.5 Å². The Balaban J connectivity index is 1.38. The molecule has 8 heteroatoms. The van der Waals surface area contributed by atoms with Gasteiger partial charge in [-0.15, -0.1) is 10.2 Å². The van der Waals surface area contributed by atoms with Crippen LogP contribution < -0.4 is 10.1 Å². The van der Waals surface area contributed by atoms with Crippen molar-refractivity contribution in [3.05, 3.63) is 69.7 Å². The van der Waals surface area contributed by atoms with E-state index in [1.807, 2.05) is 60.4 Å². The lowest BCUT2D eigenvalue weighted by atomic mass is 9.98. The van der Waals surface area contributed by atoms with Gasteiger partial charge >= 0.3 is 0 Å². The fourth-order valence-electron chi connectivity index (χ4n) is 3.79. The molecule has 0 aliphatic carbocycles. The molecule has 4 rings (SSSR count). The minimum atomic E-state index is -0.264. The topological polar surface area (TPSA) is 84.4 Å². The first-order valence-electron chi connectivity index (χ1n) is 10.6. The maximum Gasteiger partial charge on any atom is 0.286 e. The molecule has 1 aromatic heterocycles. The third kappa shape index (κ3) is 5.31. The van der Waals surface area contributed by atoms with Crippen molar-refractivity contribution in [1.82, 2.24) is 15.1 Å². The molecule has 1 N–H and O–H groups in total. The lowest BCUT2D eigenvalue weighted by Gasteiger charge is -2.31. The van der Waals surface area contributed by atoms with Crippen molar-refractivity contribution in [1.29, 1.82) is 0 Å². The predicted octanol–water partition coefficient (Wildman–Crippen LogP) is 4.06. The fraction of sp³-hybridized carbons (Fsp3) is 0.333. The second-order valence-corrected chi connectivity index (χ2v) is 8.98. The lowest BCUT2D eigenvalue weighted by Crippen LogP contribution is -2.39. The van der Waals surface area contributed by atoms with Gasteiger partial charge in [-0.3, -0.25) is 9.59 Å². The molecule has 2 aromatic carbocycles. The molecule has 0 spiro atoms. The molecule has 2 amide bonds. The van der Waals surface area contributed by atoms with E-state index in [0.29, 0.717) is 18.0 Å². The van der Waals surface area contributed by atoms with E-state index in [1.165, 1.54) is 11.3 Å². The molecule has 166 valence electrons. The van der Waals surface area contributed by atoms with Crippen molar-refractivity contribution in [3.8, 4) is 5.75 Å². The average Bonchev–Trinajstić information content (AvgIpc) is 3.31. The third-order valence-corrected chi connectivity index (χ3v) is 6.64. The van der Waals surface area contributed by atoms with Crippen molar-refractivity contribution in [2.45, 2.75) is 32.1 Å². The summed E-state index contributed by atoms with van der Waals surface area (Å²) in [6.45, 7) is 3.33. The first-order chi connectivity index (χ1) is 15.5. The van der Waals surface area contributed by atoms with Crippen LogP contribution >= 0.6 is 11.3 Å². The van der Waals surface area contributed by atoms with E-state index in [4.69, 9.17) is 4.74 Å². The van der Waals surface area contributed by atoms with Gasteiger partial charge in [-0.05, 0) is 49.6 Å². The van der Waals surface area contributed by atoms with Crippen molar-refractivity contribution in [2.75, 3.05) is 25.5 Å². The molecule has 2 heterocycles. The van der Waals surface area contributed by atoms with Gasteiger partial charge in [0.15, 0.2) is 0 Å². The molecule has 1 unspecified atom stereocenters. The molecule has 0 saturated carbocycles. The van der Waals surface area contributed by atoms with E-state index < -0.39 is 0 Å². The van der Waals surface area contributed by atoms with Gasteiger partial charge in [0.1, 0.15) is 10.8 Å². The molecule has 1 fully saturated rings. The number of carbonyl (C=O) groups is 2. The van der Waals surface area contributed by atoms with Crippen LogP contribution in [-0.2, 0) is 11.2 Å². The zero-order chi connectivity index (χ0) is 22.5.